The Labute approximate surface area is 586 Å². The molecule has 14 heteroatoms. The summed E-state index contributed by atoms with van der Waals surface area (Å²) < 4.78 is 22.9. The van der Waals surface area contributed by atoms with Crippen molar-refractivity contribution in [2.24, 2.45) is 0 Å². The zero-order chi connectivity index (χ0) is 69.4. The minimum atomic E-state index is -1.79. The van der Waals surface area contributed by atoms with Crippen LogP contribution in [0.1, 0.15) is 335 Å². The molecular weight excluding hydrogens is 1210 g/mol. The Kier molecular flexibility index (Phi) is 60.9. The predicted octanol–water partition coefficient (Wildman–Crippen LogP) is 17.9. The minimum absolute atomic E-state index is 0.243. The molecule has 2 fully saturated rings. The van der Waals surface area contributed by atoms with Crippen LogP contribution < -0.4 is 5.32 Å². The highest BCUT2D eigenvalue weighted by molar-refractivity contribution is 5.76. The quantitative estimate of drug-likeness (QED) is 0.0204. The summed E-state index contributed by atoms with van der Waals surface area (Å²) in [6.45, 7) is 2.72. The molecule has 2 saturated heterocycles. The average Bonchev–Trinajstić information content (AvgIpc) is 0.854. The molecule has 0 bridgehead atoms. The zero-order valence-electron chi connectivity index (χ0n) is 61.1. The molecule has 2 aliphatic heterocycles. The maximum absolute atomic E-state index is 13.4. The number of unbranched alkanes of at least 4 members (excludes halogenated alkanes) is 41. The van der Waals surface area contributed by atoms with Gasteiger partial charge in [0, 0.05) is 6.42 Å². The van der Waals surface area contributed by atoms with E-state index in [-0.39, 0.29) is 18.9 Å². The van der Waals surface area contributed by atoms with Crippen LogP contribution in [0.15, 0.2) is 85.1 Å². The summed E-state index contributed by atoms with van der Waals surface area (Å²) >= 11 is 0. The number of aliphatic hydroxyl groups excluding tert-OH is 8. The second-order valence-electron chi connectivity index (χ2n) is 27.8. The molecule has 2 heterocycles. The monoisotopic (exact) mass is 1350 g/mol. The number of hydrogen-bond acceptors (Lipinski definition) is 13. The Morgan fingerprint density at radius 1 is 0.385 bits per heavy atom. The second kappa shape index (κ2) is 65.5. The zero-order valence-corrected chi connectivity index (χ0v) is 61.1. The van der Waals surface area contributed by atoms with E-state index in [0.29, 0.717) is 6.42 Å². The van der Waals surface area contributed by atoms with Gasteiger partial charge in [0.25, 0.3) is 0 Å². The maximum atomic E-state index is 13.4. The van der Waals surface area contributed by atoms with Crippen molar-refractivity contribution in [3.63, 3.8) is 0 Å². The molecule has 0 aromatic carbocycles. The largest absolute Gasteiger partial charge is 0.394 e. The van der Waals surface area contributed by atoms with Gasteiger partial charge in [-0.15, -0.1) is 0 Å². The summed E-state index contributed by atoms with van der Waals surface area (Å²) in [5.74, 6) is -0.243. The third-order valence-electron chi connectivity index (χ3n) is 19.1. The van der Waals surface area contributed by atoms with Gasteiger partial charge in [-0.3, -0.25) is 4.79 Å². The van der Waals surface area contributed by atoms with Gasteiger partial charge in [-0.25, -0.2) is 0 Å². The van der Waals surface area contributed by atoms with E-state index in [4.69, 9.17) is 18.9 Å². The van der Waals surface area contributed by atoms with Crippen LogP contribution in [0.25, 0.3) is 0 Å². The molecule has 558 valence electrons. The van der Waals surface area contributed by atoms with Gasteiger partial charge in [0.1, 0.15) is 48.8 Å². The Bertz CT molecular complexity index is 1940. The van der Waals surface area contributed by atoms with E-state index in [1.807, 2.05) is 6.08 Å². The van der Waals surface area contributed by atoms with Gasteiger partial charge in [-0.1, -0.05) is 343 Å². The Morgan fingerprint density at radius 3 is 1.10 bits per heavy atom. The first kappa shape index (κ1) is 89.3. The fourth-order valence-electron chi connectivity index (χ4n) is 12.8. The third-order valence-corrected chi connectivity index (χ3v) is 19.1. The summed E-state index contributed by atoms with van der Waals surface area (Å²) in [5, 5.41) is 87.7. The number of aliphatic hydroxyl groups is 8. The number of amides is 1. The third kappa shape index (κ3) is 48.1. The molecule has 96 heavy (non-hydrogen) atoms. The molecule has 0 aliphatic carbocycles. The highest BCUT2D eigenvalue weighted by atomic mass is 16.7. The van der Waals surface area contributed by atoms with E-state index >= 15 is 0 Å². The van der Waals surface area contributed by atoms with Crippen molar-refractivity contribution in [1.29, 1.82) is 0 Å². The first-order valence-electron chi connectivity index (χ1n) is 39.8. The Balaban J connectivity index is 1.63. The van der Waals surface area contributed by atoms with E-state index in [1.165, 1.54) is 225 Å². The lowest BCUT2D eigenvalue weighted by Gasteiger charge is -2.46. The highest BCUT2D eigenvalue weighted by Crippen LogP contribution is 2.30. The Morgan fingerprint density at radius 2 is 0.719 bits per heavy atom. The molecule has 14 nitrogen and oxygen atoms in total. The van der Waals surface area contributed by atoms with E-state index < -0.39 is 86.8 Å². The average molecular weight is 1360 g/mol. The number of hydrogen-bond donors (Lipinski definition) is 9. The summed E-state index contributed by atoms with van der Waals surface area (Å²) in [4.78, 5) is 13.4. The molecule has 0 spiro atoms. The number of carbonyl (C=O) groups excluding carboxylic acids is 1. The highest BCUT2D eigenvalue weighted by Gasteiger charge is 2.51. The lowest BCUT2D eigenvalue weighted by molar-refractivity contribution is -0.359. The van der Waals surface area contributed by atoms with E-state index in [1.54, 1.807) is 6.08 Å². The molecule has 0 aromatic heterocycles. The van der Waals surface area contributed by atoms with E-state index in [9.17, 15) is 45.6 Å². The van der Waals surface area contributed by atoms with Crippen molar-refractivity contribution in [3.05, 3.63) is 85.1 Å². The summed E-state index contributed by atoms with van der Waals surface area (Å²) in [6, 6.07) is -0.925. The minimum Gasteiger partial charge on any atom is -0.394 e. The molecule has 0 aromatic rings. The SMILES string of the molecule is CC/C=C\C/C=C\C/C=C\C/C=C\C/C=C\C/C=C\CCCCCCCCCCCCC(=O)NC(COC1OC(CO)C(OC2OC(CO)C(O)C(O)C2O)C(O)C1O)C(O)/C=C/CCCCCCCCCCCCCCCCCCCCCCCCCCCCCCCCC. The first-order valence-corrected chi connectivity index (χ1v) is 39.8. The fourth-order valence-corrected chi connectivity index (χ4v) is 12.8. The van der Waals surface area contributed by atoms with Gasteiger partial charge in [0.05, 0.1) is 32.0 Å². The lowest BCUT2D eigenvalue weighted by Crippen LogP contribution is -2.65. The van der Waals surface area contributed by atoms with Crippen molar-refractivity contribution >= 4 is 5.91 Å². The van der Waals surface area contributed by atoms with E-state index in [0.717, 1.165) is 83.5 Å². The van der Waals surface area contributed by atoms with Crippen LogP contribution >= 0.6 is 0 Å². The number of rotatable bonds is 66. The molecule has 12 atom stereocenters. The maximum Gasteiger partial charge on any atom is 0.220 e. The van der Waals surface area contributed by atoms with Gasteiger partial charge in [-0.2, -0.15) is 0 Å². The fraction of sp³-hybridized carbons (Fsp3) is 0.817. The van der Waals surface area contributed by atoms with Crippen molar-refractivity contribution in [1.82, 2.24) is 5.32 Å². The molecule has 1 amide bonds. The van der Waals surface area contributed by atoms with Crippen LogP contribution in [0, 0.1) is 0 Å². The summed E-state index contributed by atoms with van der Waals surface area (Å²) in [5.41, 5.74) is 0. The number of carbonyl (C=O) groups is 1. The van der Waals surface area contributed by atoms with Gasteiger partial charge < -0.3 is 65.1 Å². The number of nitrogens with one attached hydrogen (secondary N) is 1. The molecule has 12 unspecified atom stereocenters. The topological polar surface area (TPSA) is 228 Å². The van der Waals surface area contributed by atoms with Crippen LogP contribution in [-0.4, -0.2) is 140 Å². The summed E-state index contributed by atoms with van der Waals surface area (Å²) in [7, 11) is 0. The van der Waals surface area contributed by atoms with Crippen LogP contribution in [0.4, 0.5) is 0 Å². The molecular formula is C82H147NO13. The van der Waals surface area contributed by atoms with Crippen LogP contribution in [0.3, 0.4) is 0 Å². The van der Waals surface area contributed by atoms with Gasteiger partial charge in [-0.05, 0) is 70.6 Å². The standard InChI is InChI=1S/C82H147NO13/c1-3-5-7-9-11-13-15-17-19-21-23-25-27-29-31-33-34-35-36-38-39-41-43-45-47-49-51-53-55-57-59-61-63-65-71(86)70(69-93-81-79(92)77(90)80(73(68-85)95-81)96-82-78(91)76(89)75(88)72(67-84)94-82)83-74(87)66-64-62-60-58-56-54-52-50-48-46-44-42-40-37-32-30-28-26-24-22-20-18-16-14-12-10-8-6-4-2/h6,8,12,14,18,20,24,26,30,32,40,42,63,65,70-73,75-82,84-86,88-92H,3-5,7,9-11,13,15-17,19,21-23,25,27-29,31,33-39,41,43-62,64,66-69H2,1-2H3,(H,83,87)/b8-6-,14-12-,20-18-,26-24-,32-30-,42-40-,65-63+. The molecule has 2 aliphatic rings. The van der Waals surface area contributed by atoms with Gasteiger partial charge >= 0.3 is 0 Å². The van der Waals surface area contributed by atoms with Crippen molar-refractivity contribution in [2.45, 2.75) is 408 Å². The van der Waals surface area contributed by atoms with Crippen LogP contribution in [0.2, 0.25) is 0 Å². The van der Waals surface area contributed by atoms with E-state index in [2.05, 4.69) is 92.1 Å². The van der Waals surface area contributed by atoms with Crippen molar-refractivity contribution in [3.8, 4) is 0 Å². The van der Waals surface area contributed by atoms with Crippen molar-refractivity contribution < 1.29 is 64.6 Å². The number of allylic oxidation sites excluding steroid dienone is 13. The number of ether oxygens (including phenoxy) is 4. The normalized spacial score (nSPS) is 22.7. The first-order chi connectivity index (χ1) is 47.1. The van der Waals surface area contributed by atoms with Crippen LogP contribution in [0.5, 0.6) is 0 Å². The lowest BCUT2D eigenvalue weighted by atomic mass is 9.97. The smallest absolute Gasteiger partial charge is 0.220 e. The van der Waals surface area contributed by atoms with Crippen molar-refractivity contribution in [2.75, 3.05) is 19.8 Å². The molecule has 0 saturated carbocycles. The van der Waals surface area contributed by atoms with Gasteiger partial charge in [0.15, 0.2) is 12.6 Å². The molecule has 0 radical (unpaired) electrons. The molecule has 2 rings (SSSR count). The van der Waals surface area contributed by atoms with Gasteiger partial charge in [0.2, 0.25) is 5.91 Å². The van der Waals surface area contributed by atoms with Crippen LogP contribution in [-0.2, 0) is 23.7 Å². The Hall–Kier alpha value is -2.83. The molecule has 9 N–H and O–H groups in total. The second-order valence-corrected chi connectivity index (χ2v) is 27.8. The predicted molar refractivity (Wildman–Crippen MR) is 396 cm³/mol. The summed E-state index contributed by atoms with van der Waals surface area (Å²) in [6.07, 6.45) is 75.1.